The monoisotopic (exact) mass is 281 g/mol. The van der Waals surface area contributed by atoms with E-state index in [1.807, 2.05) is 6.92 Å². The van der Waals surface area contributed by atoms with E-state index in [0.29, 0.717) is 5.92 Å². The highest BCUT2D eigenvalue weighted by atomic mass is 32.2. The number of hydrogen-bond acceptors (Lipinski definition) is 4. The summed E-state index contributed by atoms with van der Waals surface area (Å²) in [5.74, 6) is 0.688. The van der Waals surface area contributed by atoms with Gasteiger partial charge in [-0.25, -0.2) is 4.18 Å². The van der Waals surface area contributed by atoms with E-state index in [1.54, 1.807) is 24.3 Å². The lowest BCUT2D eigenvalue weighted by Gasteiger charge is -2.46. The van der Waals surface area contributed by atoms with Crippen LogP contribution in [0.3, 0.4) is 0 Å². The van der Waals surface area contributed by atoms with Crippen LogP contribution < -0.4 is 5.32 Å². The molecule has 4 rings (SSSR count). The highest BCUT2D eigenvalue weighted by Gasteiger charge is 2.44. The molecule has 2 heterocycles. The molecule has 104 valence electrons. The number of fused-ring (bicyclic) bond motifs is 3. The van der Waals surface area contributed by atoms with Crippen molar-refractivity contribution in [3.8, 4) is 0 Å². The highest BCUT2D eigenvalue weighted by molar-refractivity contribution is 7.86. The number of rotatable bonds is 3. The minimum absolute atomic E-state index is 0.238. The fraction of sp³-hybridized carbons (Fsp3) is 0.571. The summed E-state index contributed by atoms with van der Waals surface area (Å²) in [6, 6.07) is 6.80. The van der Waals surface area contributed by atoms with Crippen LogP contribution in [-0.2, 0) is 14.3 Å². The third-order valence-corrected chi connectivity index (χ3v) is 5.59. The van der Waals surface area contributed by atoms with Gasteiger partial charge in [-0.15, -0.1) is 0 Å². The first-order valence-electron chi connectivity index (χ1n) is 6.77. The Hall–Kier alpha value is -0.910. The molecule has 1 N–H and O–H groups in total. The Morgan fingerprint density at radius 1 is 1.21 bits per heavy atom. The van der Waals surface area contributed by atoms with Gasteiger partial charge in [0.15, 0.2) is 0 Å². The summed E-state index contributed by atoms with van der Waals surface area (Å²) in [7, 11) is -3.69. The topological polar surface area (TPSA) is 55.4 Å². The normalized spacial score (nSPS) is 30.5. The Morgan fingerprint density at radius 3 is 2.37 bits per heavy atom. The average molecular weight is 281 g/mol. The first-order chi connectivity index (χ1) is 8.99. The van der Waals surface area contributed by atoms with Gasteiger partial charge in [-0.2, -0.15) is 8.42 Å². The quantitative estimate of drug-likeness (QED) is 0.863. The molecule has 1 saturated carbocycles. The molecule has 1 aromatic carbocycles. The molecule has 2 saturated heterocycles. The third kappa shape index (κ3) is 2.55. The second kappa shape index (κ2) is 4.58. The molecule has 0 aromatic heterocycles. The lowest BCUT2D eigenvalue weighted by molar-refractivity contribution is -0.0460. The molecule has 5 heteroatoms. The fourth-order valence-electron chi connectivity index (χ4n) is 2.93. The standard InChI is InChI=1S/C14H19NO3S/c1-11-2-4-13(5-3-11)19(16,17)18-14-8-6-12(7-9-14)10-15-14/h2-5,12,15H,6-10H2,1H3. The van der Waals surface area contributed by atoms with Crippen molar-refractivity contribution in [3.05, 3.63) is 29.8 Å². The van der Waals surface area contributed by atoms with Crippen molar-refractivity contribution in [2.45, 2.75) is 43.2 Å². The van der Waals surface area contributed by atoms with Gasteiger partial charge in [-0.3, -0.25) is 5.32 Å². The summed E-state index contributed by atoms with van der Waals surface area (Å²) in [5.41, 5.74) is 0.367. The van der Waals surface area contributed by atoms with Crippen LogP contribution in [0.15, 0.2) is 29.2 Å². The first kappa shape index (κ1) is 13.1. The largest absolute Gasteiger partial charge is 0.298 e. The zero-order chi connectivity index (χ0) is 13.5. The van der Waals surface area contributed by atoms with Gasteiger partial charge >= 0.3 is 0 Å². The second-order valence-corrected chi connectivity index (χ2v) is 7.22. The van der Waals surface area contributed by atoms with E-state index in [-0.39, 0.29) is 4.90 Å². The lowest BCUT2D eigenvalue weighted by atomic mass is 9.79. The van der Waals surface area contributed by atoms with Gasteiger partial charge in [0.1, 0.15) is 5.72 Å². The van der Waals surface area contributed by atoms with Crippen LogP contribution in [0.4, 0.5) is 0 Å². The van der Waals surface area contributed by atoms with E-state index in [2.05, 4.69) is 5.32 Å². The molecule has 3 fully saturated rings. The molecule has 1 aromatic rings. The van der Waals surface area contributed by atoms with Crippen molar-refractivity contribution in [3.63, 3.8) is 0 Å². The van der Waals surface area contributed by atoms with Crippen LogP contribution in [0.2, 0.25) is 0 Å². The molecule has 0 radical (unpaired) electrons. The van der Waals surface area contributed by atoms with Gasteiger partial charge in [-0.1, -0.05) is 17.7 Å². The first-order valence-corrected chi connectivity index (χ1v) is 8.17. The van der Waals surface area contributed by atoms with Crippen molar-refractivity contribution in [1.29, 1.82) is 0 Å². The van der Waals surface area contributed by atoms with Crippen molar-refractivity contribution < 1.29 is 12.6 Å². The zero-order valence-electron chi connectivity index (χ0n) is 11.1. The van der Waals surface area contributed by atoms with E-state index in [9.17, 15) is 8.42 Å². The molecule has 0 amide bonds. The average Bonchev–Trinajstić information content (AvgIpc) is 2.40. The van der Waals surface area contributed by atoms with E-state index in [1.165, 1.54) is 0 Å². The Balaban J connectivity index is 1.83. The number of piperidine rings is 2. The van der Waals surface area contributed by atoms with Crippen molar-refractivity contribution in [2.75, 3.05) is 6.54 Å². The molecule has 2 bridgehead atoms. The van der Waals surface area contributed by atoms with Gasteiger partial charge in [0.25, 0.3) is 10.1 Å². The second-order valence-electron chi connectivity index (χ2n) is 5.67. The summed E-state index contributed by atoms with van der Waals surface area (Å²) >= 11 is 0. The number of nitrogens with one attached hydrogen (secondary N) is 1. The smallest absolute Gasteiger partial charge is 0.288 e. The SMILES string of the molecule is Cc1ccc(S(=O)(=O)OC23CCC(CC2)CN3)cc1. The number of benzene rings is 1. The maximum absolute atomic E-state index is 12.3. The molecule has 19 heavy (non-hydrogen) atoms. The summed E-state index contributed by atoms with van der Waals surface area (Å²) in [5, 5.41) is 3.27. The van der Waals surface area contributed by atoms with E-state index in [0.717, 1.165) is 37.8 Å². The third-order valence-electron chi connectivity index (χ3n) is 4.20. The molecule has 4 nitrogen and oxygen atoms in total. The van der Waals surface area contributed by atoms with Crippen molar-refractivity contribution in [1.82, 2.24) is 5.32 Å². The summed E-state index contributed by atoms with van der Waals surface area (Å²) in [4.78, 5) is 0.238. The van der Waals surface area contributed by atoms with Crippen LogP contribution in [0.5, 0.6) is 0 Å². The van der Waals surface area contributed by atoms with Gasteiger partial charge in [0, 0.05) is 6.54 Å². The van der Waals surface area contributed by atoms with E-state index < -0.39 is 15.8 Å². The summed E-state index contributed by atoms with van der Waals surface area (Å²) in [6.45, 7) is 2.79. The molecular formula is C14H19NO3S. The Kier molecular flexibility index (Phi) is 3.15. The Labute approximate surface area is 114 Å². The Morgan fingerprint density at radius 2 is 1.84 bits per heavy atom. The number of hydrogen-bond donors (Lipinski definition) is 1. The molecule has 0 spiro atoms. The molecule has 0 atom stereocenters. The van der Waals surface area contributed by atoms with E-state index >= 15 is 0 Å². The van der Waals surface area contributed by atoms with Crippen LogP contribution in [-0.4, -0.2) is 20.7 Å². The minimum atomic E-state index is -3.69. The van der Waals surface area contributed by atoms with Gasteiger partial charge in [0.05, 0.1) is 4.90 Å². The van der Waals surface area contributed by atoms with Gasteiger partial charge in [-0.05, 0) is 50.7 Å². The van der Waals surface area contributed by atoms with Crippen LogP contribution in [0.1, 0.15) is 31.2 Å². The van der Waals surface area contributed by atoms with Gasteiger partial charge < -0.3 is 0 Å². The molecule has 2 aliphatic heterocycles. The van der Waals surface area contributed by atoms with E-state index in [4.69, 9.17) is 4.18 Å². The van der Waals surface area contributed by atoms with Crippen LogP contribution in [0.25, 0.3) is 0 Å². The summed E-state index contributed by atoms with van der Waals surface area (Å²) in [6.07, 6.45) is 3.67. The van der Waals surface area contributed by atoms with Crippen LogP contribution >= 0.6 is 0 Å². The molecule has 1 aliphatic carbocycles. The minimum Gasteiger partial charge on any atom is -0.288 e. The lowest BCUT2D eigenvalue weighted by Crippen LogP contribution is -2.58. The molecule has 0 unspecified atom stereocenters. The number of aryl methyl sites for hydroxylation is 1. The molecular weight excluding hydrogens is 262 g/mol. The zero-order valence-corrected chi connectivity index (χ0v) is 11.9. The van der Waals surface area contributed by atoms with Crippen LogP contribution in [0, 0.1) is 12.8 Å². The maximum Gasteiger partial charge on any atom is 0.298 e. The fourth-order valence-corrected chi connectivity index (χ4v) is 4.14. The van der Waals surface area contributed by atoms with Gasteiger partial charge in [0.2, 0.25) is 0 Å². The highest BCUT2D eigenvalue weighted by Crippen LogP contribution is 2.39. The maximum atomic E-state index is 12.3. The predicted molar refractivity (Wildman–Crippen MR) is 72.1 cm³/mol. The summed E-state index contributed by atoms with van der Waals surface area (Å²) < 4.78 is 30.2. The van der Waals surface area contributed by atoms with Crippen molar-refractivity contribution in [2.24, 2.45) is 5.92 Å². The predicted octanol–water partition coefficient (Wildman–Crippen LogP) is 2.19. The Bertz CT molecular complexity index is 543. The van der Waals surface area contributed by atoms with Crippen molar-refractivity contribution >= 4 is 10.1 Å². The molecule has 3 aliphatic rings.